The average molecular weight is 204 g/mol. The van der Waals surface area contributed by atoms with Crippen molar-refractivity contribution >= 4 is 5.97 Å². The summed E-state index contributed by atoms with van der Waals surface area (Å²) >= 11 is 0. The zero-order chi connectivity index (χ0) is 11.2. The lowest BCUT2D eigenvalue weighted by Gasteiger charge is -2.22. The highest BCUT2D eigenvalue weighted by molar-refractivity contribution is 5.78. The standard InChI is InChI=1S/C8H16N2O4/c1-5-8(6-2,7(11)13-3)10(12)9-14-4/h5-6H2,1-4H3/b10-9-. The normalized spacial score (nSPS) is 12.4. The number of esters is 1. The SMILES string of the molecule is CCC(CC)(C(=O)OC)/[N+]([O-])=N/OC. The van der Waals surface area contributed by atoms with Crippen molar-refractivity contribution in [2.75, 3.05) is 14.2 Å². The molecule has 6 heteroatoms. The van der Waals surface area contributed by atoms with Gasteiger partial charge in [-0.25, -0.2) is 4.79 Å². The van der Waals surface area contributed by atoms with Gasteiger partial charge in [0.1, 0.15) is 7.11 Å². The van der Waals surface area contributed by atoms with E-state index < -0.39 is 11.5 Å². The van der Waals surface area contributed by atoms with Gasteiger partial charge in [-0.3, -0.25) is 0 Å². The predicted octanol–water partition coefficient (Wildman–Crippen LogP) is 1.24. The Morgan fingerprint density at radius 2 is 1.93 bits per heavy atom. The van der Waals surface area contributed by atoms with Crippen LogP contribution in [0.3, 0.4) is 0 Å². The molecule has 0 saturated carbocycles. The molecule has 0 aromatic rings. The van der Waals surface area contributed by atoms with Gasteiger partial charge in [0.2, 0.25) is 5.28 Å². The topological polar surface area (TPSA) is 74.0 Å². The van der Waals surface area contributed by atoms with Crippen molar-refractivity contribution in [1.82, 2.24) is 0 Å². The molecule has 6 nitrogen and oxygen atoms in total. The molecule has 0 aliphatic heterocycles. The van der Waals surface area contributed by atoms with Crippen LogP contribution in [-0.2, 0) is 14.4 Å². The molecule has 0 rings (SSSR count). The Labute approximate surface area is 83.0 Å². The molecule has 0 fully saturated rings. The van der Waals surface area contributed by atoms with E-state index in [1.54, 1.807) is 13.8 Å². The Morgan fingerprint density at radius 3 is 2.21 bits per heavy atom. The van der Waals surface area contributed by atoms with E-state index in [1.165, 1.54) is 14.2 Å². The molecular formula is C8H16N2O4. The maximum absolute atomic E-state index is 11.5. The van der Waals surface area contributed by atoms with Gasteiger partial charge in [-0.05, 0) is 4.86 Å². The van der Waals surface area contributed by atoms with E-state index in [9.17, 15) is 10.0 Å². The minimum Gasteiger partial charge on any atom is -0.596 e. The zero-order valence-electron chi connectivity index (χ0n) is 8.94. The van der Waals surface area contributed by atoms with Crippen molar-refractivity contribution < 1.29 is 19.2 Å². The number of carbonyl (C=O) groups excluding carboxylic acids is 1. The molecule has 0 aliphatic carbocycles. The third-order valence-electron chi connectivity index (χ3n) is 2.26. The number of hydrogen-bond acceptors (Lipinski definition) is 5. The Hall–Kier alpha value is -1.33. The zero-order valence-corrected chi connectivity index (χ0v) is 8.94. The Morgan fingerprint density at radius 1 is 1.43 bits per heavy atom. The molecule has 0 atom stereocenters. The number of carbonyl (C=O) groups is 1. The fraction of sp³-hybridized carbons (Fsp3) is 0.875. The monoisotopic (exact) mass is 204 g/mol. The molecule has 82 valence electrons. The minimum atomic E-state index is -1.27. The first-order valence-corrected chi connectivity index (χ1v) is 4.38. The predicted molar refractivity (Wildman–Crippen MR) is 48.4 cm³/mol. The molecular weight excluding hydrogens is 188 g/mol. The van der Waals surface area contributed by atoms with E-state index in [4.69, 9.17) is 0 Å². The summed E-state index contributed by atoms with van der Waals surface area (Å²) in [4.78, 5) is 16.0. The maximum atomic E-state index is 11.5. The first kappa shape index (κ1) is 12.7. The largest absolute Gasteiger partial charge is 0.596 e. The van der Waals surface area contributed by atoms with Crippen LogP contribution in [0, 0.1) is 5.21 Å². The first-order chi connectivity index (χ1) is 6.58. The molecule has 0 unspecified atom stereocenters. The summed E-state index contributed by atoms with van der Waals surface area (Å²) in [5.74, 6) is -0.599. The Bertz CT molecular complexity index is 223. The second kappa shape index (κ2) is 5.41. The van der Waals surface area contributed by atoms with Crippen molar-refractivity contribution in [1.29, 1.82) is 0 Å². The van der Waals surface area contributed by atoms with Crippen LogP contribution in [0.15, 0.2) is 5.28 Å². The van der Waals surface area contributed by atoms with Crippen LogP contribution < -0.4 is 0 Å². The van der Waals surface area contributed by atoms with Crippen LogP contribution in [-0.4, -0.2) is 30.6 Å². The van der Waals surface area contributed by atoms with Crippen molar-refractivity contribution in [3.63, 3.8) is 0 Å². The lowest BCUT2D eigenvalue weighted by atomic mass is 9.94. The van der Waals surface area contributed by atoms with Crippen LogP contribution in [0.1, 0.15) is 26.7 Å². The second-order valence-corrected chi connectivity index (χ2v) is 2.77. The van der Waals surface area contributed by atoms with E-state index in [0.29, 0.717) is 12.8 Å². The number of hydroxylamine groups is 1. The summed E-state index contributed by atoms with van der Waals surface area (Å²) in [7, 11) is 2.49. The second-order valence-electron chi connectivity index (χ2n) is 2.77. The van der Waals surface area contributed by atoms with Crippen molar-refractivity contribution in [3.8, 4) is 0 Å². The quantitative estimate of drug-likeness (QED) is 0.292. The lowest BCUT2D eigenvalue weighted by Crippen LogP contribution is -2.46. The van der Waals surface area contributed by atoms with E-state index in [2.05, 4.69) is 14.9 Å². The summed E-state index contributed by atoms with van der Waals surface area (Å²) in [6.45, 7) is 3.44. The number of ether oxygens (including phenoxy) is 1. The molecule has 0 bridgehead atoms. The highest BCUT2D eigenvalue weighted by Gasteiger charge is 2.47. The third kappa shape index (κ3) is 2.12. The molecule has 0 spiro atoms. The van der Waals surface area contributed by atoms with Gasteiger partial charge in [0.25, 0.3) is 5.54 Å². The van der Waals surface area contributed by atoms with Gasteiger partial charge in [-0.2, -0.15) is 0 Å². The number of rotatable bonds is 5. The van der Waals surface area contributed by atoms with E-state index >= 15 is 0 Å². The summed E-state index contributed by atoms with van der Waals surface area (Å²) in [6.07, 6.45) is 0.624. The highest BCUT2D eigenvalue weighted by Crippen LogP contribution is 2.21. The lowest BCUT2D eigenvalue weighted by molar-refractivity contribution is -0.621. The Balaban J connectivity index is 5.06. The van der Waals surface area contributed by atoms with Gasteiger partial charge in [0, 0.05) is 12.8 Å². The fourth-order valence-electron chi connectivity index (χ4n) is 1.23. The van der Waals surface area contributed by atoms with Gasteiger partial charge >= 0.3 is 5.97 Å². The molecule has 0 aromatic heterocycles. The molecule has 0 aromatic carbocycles. The molecule has 0 aliphatic rings. The van der Waals surface area contributed by atoms with Crippen molar-refractivity contribution in [2.24, 2.45) is 5.28 Å². The first-order valence-electron chi connectivity index (χ1n) is 4.38. The van der Waals surface area contributed by atoms with Gasteiger partial charge in [-0.1, -0.05) is 13.8 Å². The molecule has 0 heterocycles. The molecule has 0 saturated heterocycles. The summed E-state index contributed by atoms with van der Waals surface area (Å²) in [5.41, 5.74) is -1.27. The van der Waals surface area contributed by atoms with Crippen LogP contribution in [0.25, 0.3) is 0 Å². The highest BCUT2D eigenvalue weighted by atomic mass is 16.7. The van der Waals surface area contributed by atoms with Gasteiger partial charge in [0.15, 0.2) is 0 Å². The third-order valence-corrected chi connectivity index (χ3v) is 2.26. The van der Waals surface area contributed by atoms with E-state index in [-0.39, 0.29) is 4.86 Å². The summed E-state index contributed by atoms with van der Waals surface area (Å²) in [5, 5.41) is 14.6. The average Bonchev–Trinajstić information content (AvgIpc) is 2.20. The number of methoxy groups -OCH3 is 1. The summed E-state index contributed by atoms with van der Waals surface area (Å²) < 4.78 is 4.57. The smallest absolute Gasteiger partial charge is 0.382 e. The molecule has 0 radical (unpaired) electrons. The fourth-order valence-corrected chi connectivity index (χ4v) is 1.23. The van der Waals surface area contributed by atoms with Gasteiger partial charge in [-0.15, -0.1) is 0 Å². The minimum absolute atomic E-state index is 0.263. The van der Waals surface area contributed by atoms with E-state index in [1.807, 2.05) is 0 Å². The summed E-state index contributed by atoms with van der Waals surface area (Å²) in [6, 6.07) is 0. The van der Waals surface area contributed by atoms with Crippen LogP contribution in [0.5, 0.6) is 0 Å². The van der Waals surface area contributed by atoms with E-state index in [0.717, 1.165) is 0 Å². The van der Waals surface area contributed by atoms with Gasteiger partial charge < -0.3 is 14.8 Å². The van der Waals surface area contributed by atoms with Crippen LogP contribution in [0.4, 0.5) is 0 Å². The molecule has 14 heavy (non-hydrogen) atoms. The Kier molecular flexibility index (Phi) is 4.90. The van der Waals surface area contributed by atoms with Crippen molar-refractivity contribution in [2.45, 2.75) is 32.2 Å². The van der Waals surface area contributed by atoms with Gasteiger partial charge in [0.05, 0.1) is 7.11 Å². The van der Waals surface area contributed by atoms with Crippen LogP contribution >= 0.6 is 0 Å². The van der Waals surface area contributed by atoms with Crippen LogP contribution in [0.2, 0.25) is 0 Å². The molecule has 0 amide bonds. The molecule has 0 N–H and O–H groups in total. The number of hydrogen-bond donors (Lipinski definition) is 0. The van der Waals surface area contributed by atoms with Crippen molar-refractivity contribution in [3.05, 3.63) is 5.21 Å². The number of nitrogens with zero attached hydrogens (tertiary/aromatic N) is 2. The maximum Gasteiger partial charge on any atom is 0.382 e.